The fourth-order valence-corrected chi connectivity index (χ4v) is 6.66. The summed E-state index contributed by atoms with van der Waals surface area (Å²) < 4.78 is 12.2. The van der Waals surface area contributed by atoms with Crippen molar-refractivity contribution in [2.45, 2.75) is 36.4 Å². The molecule has 3 heterocycles. The molecule has 1 aliphatic rings. The number of carbonyl (C=O) groups excluding carboxylic acids is 2. The van der Waals surface area contributed by atoms with Crippen LogP contribution in [0.3, 0.4) is 0 Å². The minimum atomic E-state index is -0.999. The summed E-state index contributed by atoms with van der Waals surface area (Å²) in [6.45, 7) is 4.74. The second-order valence-corrected chi connectivity index (χ2v) is 12.7. The SMILES string of the molecule is COc1cc(C2C(=C(O)c3ccncc3)C(=O)C(=O)N2c2nnc(SCc3ccccc3Cl)s2)ccc1OCCC(C)C. The van der Waals surface area contributed by atoms with E-state index in [1.54, 1.807) is 30.3 Å². The van der Waals surface area contributed by atoms with Crippen molar-refractivity contribution in [1.29, 1.82) is 0 Å². The quantitative estimate of drug-likeness (QED) is 0.0614. The molecule has 5 rings (SSSR count). The first-order valence-corrected chi connectivity index (χ1v) is 15.7. The van der Waals surface area contributed by atoms with Crippen molar-refractivity contribution in [1.82, 2.24) is 15.2 Å². The van der Waals surface area contributed by atoms with Crippen LogP contribution in [0.15, 0.2) is 76.9 Å². The molecule has 0 saturated carbocycles. The predicted octanol–water partition coefficient (Wildman–Crippen LogP) is 6.94. The number of ketones is 1. The van der Waals surface area contributed by atoms with E-state index in [1.807, 2.05) is 24.3 Å². The highest BCUT2D eigenvalue weighted by molar-refractivity contribution is 8.00. The van der Waals surface area contributed by atoms with Crippen molar-refractivity contribution in [2.75, 3.05) is 18.6 Å². The van der Waals surface area contributed by atoms with Crippen molar-refractivity contribution in [3.05, 3.63) is 94.3 Å². The average Bonchev–Trinajstić information content (AvgIpc) is 3.58. The maximum Gasteiger partial charge on any atom is 0.301 e. The van der Waals surface area contributed by atoms with Gasteiger partial charge in [-0.15, -0.1) is 10.2 Å². The van der Waals surface area contributed by atoms with Crippen LogP contribution in [0.1, 0.15) is 43.0 Å². The third kappa shape index (κ3) is 6.69. The molecule has 0 spiro atoms. The van der Waals surface area contributed by atoms with E-state index in [0.717, 1.165) is 12.0 Å². The van der Waals surface area contributed by atoms with Crippen molar-refractivity contribution in [2.24, 2.45) is 5.92 Å². The molecule has 0 bridgehead atoms. The number of hydrogen-bond acceptors (Lipinski definition) is 10. The number of hydrogen-bond donors (Lipinski definition) is 1. The van der Waals surface area contributed by atoms with E-state index < -0.39 is 17.7 Å². The van der Waals surface area contributed by atoms with Gasteiger partial charge < -0.3 is 14.6 Å². The molecule has 1 unspecified atom stereocenters. The molecule has 4 aromatic rings. The molecule has 1 aliphatic heterocycles. The van der Waals surface area contributed by atoms with Crippen LogP contribution in [-0.2, 0) is 15.3 Å². The Balaban J connectivity index is 1.54. The average molecular weight is 637 g/mol. The summed E-state index contributed by atoms with van der Waals surface area (Å²) >= 11 is 8.90. The molecular weight excluding hydrogens is 608 g/mol. The Morgan fingerprint density at radius 1 is 1.09 bits per heavy atom. The second-order valence-electron chi connectivity index (χ2n) is 10.1. The number of carbonyl (C=O) groups is 2. The lowest BCUT2D eigenvalue weighted by Gasteiger charge is -2.23. The molecule has 1 N–H and O–H groups in total. The minimum Gasteiger partial charge on any atom is -0.507 e. The minimum absolute atomic E-state index is 0.0767. The number of anilines is 1. The lowest BCUT2D eigenvalue weighted by Crippen LogP contribution is -2.29. The number of rotatable bonds is 11. The number of aromatic nitrogens is 3. The molecule has 12 heteroatoms. The Kier molecular flexibility index (Phi) is 9.64. The third-order valence-electron chi connectivity index (χ3n) is 6.77. The van der Waals surface area contributed by atoms with Crippen molar-refractivity contribution >= 4 is 57.3 Å². The number of benzene rings is 2. The molecule has 1 fully saturated rings. The number of Topliss-reactive ketones (excluding diaryl/α,β-unsaturated/α-hetero) is 1. The Morgan fingerprint density at radius 3 is 2.58 bits per heavy atom. The normalized spacial score (nSPS) is 16.2. The molecule has 1 atom stereocenters. The van der Waals surface area contributed by atoms with E-state index in [9.17, 15) is 14.7 Å². The molecule has 9 nitrogen and oxygen atoms in total. The van der Waals surface area contributed by atoms with Crippen LogP contribution in [-0.4, -0.2) is 45.7 Å². The van der Waals surface area contributed by atoms with Gasteiger partial charge in [0.2, 0.25) is 5.13 Å². The number of pyridine rings is 1. The van der Waals surface area contributed by atoms with Crippen LogP contribution in [0.5, 0.6) is 11.5 Å². The number of thioether (sulfide) groups is 1. The fraction of sp³-hybridized carbons (Fsp3) is 0.258. The van der Waals surface area contributed by atoms with Crippen LogP contribution >= 0.6 is 34.7 Å². The number of methoxy groups -OCH3 is 1. The molecular formula is C31H29ClN4O5S2. The Labute approximate surface area is 262 Å². The van der Waals surface area contributed by atoms with Gasteiger partial charge in [0.25, 0.3) is 5.78 Å². The van der Waals surface area contributed by atoms with E-state index >= 15 is 0 Å². The van der Waals surface area contributed by atoms with Gasteiger partial charge in [-0.25, -0.2) is 0 Å². The van der Waals surface area contributed by atoms with E-state index in [0.29, 0.717) is 50.3 Å². The Hall–Kier alpha value is -3.93. The first-order valence-electron chi connectivity index (χ1n) is 13.5. The van der Waals surface area contributed by atoms with E-state index in [-0.39, 0.29) is 16.5 Å². The monoisotopic (exact) mass is 636 g/mol. The van der Waals surface area contributed by atoms with Gasteiger partial charge in [0.1, 0.15) is 5.76 Å². The summed E-state index contributed by atoms with van der Waals surface area (Å²) in [4.78, 5) is 32.4. The van der Waals surface area contributed by atoms with Gasteiger partial charge in [0.15, 0.2) is 15.8 Å². The summed E-state index contributed by atoms with van der Waals surface area (Å²) in [5, 5.41) is 20.8. The molecule has 1 amide bonds. The second kappa shape index (κ2) is 13.6. The van der Waals surface area contributed by atoms with Crippen LogP contribution in [0.2, 0.25) is 5.02 Å². The fourth-order valence-electron chi connectivity index (χ4n) is 4.50. The molecule has 43 heavy (non-hydrogen) atoms. The number of amides is 1. The number of aliphatic hydroxyl groups excluding tert-OH is 1. The van der Waals surface area contributed by atoms with Crippen LogP contribution < -0.4 is 14.4 Å². The van der Waals surface area contributed by atoms with Gasteiger partial charge in [-0.2, -0.15) is 0 Å². The summed E-state index contributed by atoms with van der Waals surface area (Å²) in [5.41, 5.74) is 1.74. The van der Waals surface area contributed by atoms with Gasteiger partial charge in [-0.3, -0.25) is 19.5 Å². The van der Waals surface area contributed by atoms with Crippen molar-refractivity contribution in [3.8, 4) is 11.5 Å². The van der Waals surface area contributed by atoms with Gasteiger partial charge in [0, 0.05) is 28.7 Å². The summed E-state index contributed by atoms with van der Waals surface area (Å²) in [5.74, 6) is 0.0107. The van der Waals surface area contributed by atoms with Gasteiger partial charge >= 0.3 is 5.91 Å². The predicted molar refractivity (Wildman–Crippen MR) is 168 cm³/mol. The zero-order chi connectivity index (χ0) is 30.5. The first-order chi connectivity index (χ1) is 20.8. The summed E-state index contributed by atoms with van der Waals surface area (Å²) in [7, 11) is 1.52. The van der Waals surface area contributed by atoms with E-state index in [2.05, 4.69) is 29.0 Å². The molecule has 2 aromatic carbocycles. The Morgan fingerprint density at radius 2 is 1.86 bits per heavy atom. The van der Waals surface area contributed by atoms with Gasteiger partial charge in [-0.1, -0.05) is 72.8 Å². The van der Waals surface area contributed by atoms with Crippen LogP contribution in [0.25, 0.3) is 5.76 Å². The number of ether oxygens (including phenoxy) is 2. The third-order valence-corrected chi connectivity index (χ3v) is 9.24. The molecule has 1 saturated heterocycles. The Bertz CT molecular complexity index is 1660. The van der Waals surface area contributed by atoms with Gasteiger partial charge in [-0.05, 0) is 53.8 Å². The number of nitrogens with zero attached hydrogens (tertiary/aromatic N) is 4. The van der Waals surface area contributed by atoms with E-state index in [1.165, 1.54) is 47.5 Å². The molecule has 2 aromatic heterocycles. The summed E-state index contributed by atoms with van der Waals surface area (Å²) in [6.07, 6.45) is 3.87. The maximum atomic E-state index is 13.6. The largest absolute Gasteiger partial charge is 0.507 e. The maximum absolute atomic E-state index is 13.6. The smallest absolute Gasteiger partial charge is 0.301 e. The summed E-state index contributed by atoms with van der Waals surface area (Å²) in [6, 6.07) is 14.9. The molecule has 0 aliphatic carbocycles. The topological polar surface area (TPSA) is 115 Å². The highest BCUT2D eigenvalue weighted by Crippen LogP contribution is 2.45. The van der Waals surface area contributed by atoms with Crippen molar-refractivity contribution < 1.29 is 24.2 Å². The molecule has 0 radical (unpaired) electrons. The standard InChI is InChI=1S/C31H29ClN4O5S2/c1-18(2)12-15-41-23-9-8-20(16-24(23)40-3)26-25(27(37)19-10-13-33-14-11-19)28(38)29(39)36(26)30-34-35-31(43-30)42-17-21-6-4-5-7-22(21)32/h4-11,13-14,16,18,26,37H,12,15,17H2,1-3H3. The zero-order valence-electron chi connectivity index (χ0n) is 23.7. The van der Waals surface area contributed by atoms with Crippen molar-refractivity contribution in [3.63, 3.8) is 0 Å². The highest BCUT2D eigenvalue weighted by atomic mass is 35.5. The van der Waals surface area contributed by atoms with Crippen LogP contribution in [0.4, 0.5) is 5.13 Å². The molecule has 222 valence electrons. The zero-order valence-corrected chi connectivity index (χ0v) is 26.1. The highest BCUT2D eigenvalue weighted by Gasteiger charge is 2.48. The number of aliphatic hydroxyl groups is 1. The number of halogens is 1. The van der Waals surface area contributed by atoms with Crippen LogP contribution in [0, 0.1) is 5.92 Å². The van der Waals surface area contributed by atoms with E-state index in [4.69, 9.17) is 21.1 Å². The first kappa shape index (κ1) is 30.5. The van der Waals surface area contributed by atoms with Gasteiger partial charge in [0.05, 0.1) is 25.3 Å². The lowest BCUT2D eigenvalue weighted by molar-refractivity contribution is -0.132. The lowest BCUT2D eigenvalue weighted by atomic mass is 9.95.